The van der Waals surface area contributed by atoms with Crippen molar-refractivity contribution in [2.45, 2.75) is 39.0 Å². The summed E-state index contributed by atoms with van der Waals surface area (Å²) < 4.78 is 0. The summed E-state index contributed by atoms with van der Waals surface area (Å²) in [5, 5.41) is 12.2. The van der Waals surface area contributed by atoms with Gasteiger partial charge in [0, 0.05) is 31.5 Å². The lowest BCUT2D eigenvalue weighted by Gasteiger charge is -2.32. The molecule has 1 aliphatic heterocycles. The lowest BCUT2D eigenvalue weighted by atomic mass is 9.96. The highest BCUT2D eigenvalue weighted by Gasteiger charge is 2.42. The minimum atomic E-state index is -0.0845. The number of nitrogens with zero attached hydrogens (tertiary/aromatic N) is 1. The molecule has 1 heterocycles. The average Bonchev–Trinajstić information content (AvgIpc) is 3.24. The quantitative estimate of drug-likeness (QED) is 0.764. The first-order valence-corrected chi connectivity index (χ1v) is 7.26. The number of carbonyl (C=O) groups excluding carboxylic acids is 2. The minimum Gasteiger partial charge on any atom is -0.396 e. The van der Waals surface area contributed by atoms with Gasteiger partial charge in [-0.25, -0.2) is 0 Å². The molecular weight excluding hydrogens is 244 g/mol. The Kier molecular flexibility index (Phi) is 4.45. The summed E-state index contributed by atoms with van der Waals surface area (Å²) in [5.41, 5.74) is -0.0523. The van der Waals surface area contributed by atoms with Crippen LogP contribution in [0.2, 0.25) is 0 Å². The summed E-state index contributed by atoms with van der Waals surface area (Å²) in [6.07, 6.45) is 4.24. The number of carbonyl (C=O) groups is 2. The van der Waals surface area contributed by atoms with Crippen molar-refractivity contribution in [2.75, 3.05) is 26.2 Å². The van der Waals surface area contributed by atoms with Crippen LogP contribution in [0.15, 0.2) is 0 Å². The van der Waals surface area contributed by atoms with Crippen LogP contribution in [0.4, 0.5) is 0 Å². The van der Waals surface area contributed by atoms with Gasteiger partial charge in [-0.05, 0) is 25.7 Å². The van der Waals surface area contributed by atoms with E-state index in [1.807, 2.05) is 6.92 Å². The molecule has 19 heavy (non-hydrogen) atoms. The lowest BCUT2D eigenvalue weighted by Crippen LogP contribution is -2.46. The van der Waals surface area contributed by atoms with Crippen molar-refractivity contribution < 1.29 is 14.7 Å². The van der Waals surface area contributed by atoms with Gasteiger partial charge in [0.1, 0.15) is 0 Å². The number of amides is 2. The van der Waals surface area contributed by atoms with Gasteiger partial charge in [0.25, 0.3) is 0 Å². The van der Waals surface area contributed by atoms with Crippen LogP contribution < -0.4 is 5.32 Å². The molecule has 0 aromatic heterocycles. The van der Waals surface area contributed by atoms with E-state index in [0.29, 0.717) is 19.5 Å². The van der Waals surface area contributed by atoms with E-state index in [1.165, 1.54) is 0 Å². The Balaban J connectivity index is 1.80. The molecule has 2 rings (SSSR count). The topological polar surface area (TPSA) is 69.6 Å². The highest BCUT2D eigenvalue weighted by atomic mass is 16.3. The van der Waals surface area contributed by atoms with Crippen LogP contribution in [0.25, 0.3) is 0 Å². The van der Waals surface area contributed by atoms with Gasteiger partial charge < -0.3 is 15.3 Å². The second kappa shape index (κ2) is 5.90. The zero-order valence-electron chi connectivity index (χ0n) is 11.7. The summed E-state index contributed by atoms with van der Waals surface area (Å²) in [6, 6.07) is 0. The third-order valence-electron chi connectivity index (χ3n) is 4.38. The van der Waals surface area contributed by atoms with Crippen LogP contribution in [0.1, 0.15) is 39.0 Å². The van der Waals surface area contributed by atoms with E-state index in [4.69, 9.17) is 0 Å². The molecule has 2 amide bonds. The maximum absolute atomic E-state index is 12.1. The molecule has 1 aliphatic carbocycles. The molecule has 5 heteroatoms. The van der Waals surface area contributed by atoms with Gasteiger partial charge in [0.2, 0.25) is 11.8 Å². The van der Waals surface area contributed by atoms with E-state index in [-0.39, 0.29) is 29.8 Å². The molecule has 0 bridgehead atoms. The van der Waals surface area contributed by atoms with Crippen molar-refractivity contribution in [1.82, 2.24) is 10.2 Å². The summed E-state index contributed by atoms with van der Waals surface area (Å²) in [5.74, 6) is 0.0820. The Morgan fingerprint density at radius 3 is 2.74 bits per heavy atom. The van der Waals surface area contributed by atoms with Gasteiger partial charge in [-0.15, -0.1) is 0 Å². The Labute approximate surface area is 114 Å². The smallest absolute Gasteiger partial charge is 0.224 e. The fraction of sp³-hybridized carbons (Fsp3) is 0.857. The first kappa shape index (κ1) is 14.3. The molecule has 1 saturated carbocycles. The third-order valence-corrected chi connectivity index (χ3v) is 4.38. The second-order valence-electron chi connectivity index (χ2n) is 5.91. The Hall–Kier alpha value is -1.10. The minimum absolute atomic E-state index is 0.0355. The van der Waals surface area contributed by atoms with Crippen molar-refractivity contribution in [2.24, 2.45) is 11.3 Å². The number of aliphatic hydroxyl groups excluding tert-OH is 1. The zero-order valence-corrected chi connectivity index (χ0v) is 11.7. The van der Waals surface area contributed by atoms with E-state index in [9.17, 15) is 14.7 Å². The average molecular weight is 268 g/mol. The van der Waals surface area contributed by atoms with Crippen molar-refractivity contribution in [3.05, 3.63) is 0 Å². The predicted octanol–water partition coefficient (Wildman–Crippen LogP) is 0.524. The molecule has 108 valence electrons. The molecule has 2 N–H and O–H groups in total. The van der Waals surface area contributed by atoms with Gasteiger partial charge in [-0.1, -0.05) is 6.92 Å². The monoisotopic (exact) mass is 268 g/mol. The predicted molar refractivity (Wildman–Crippen MR) is 71.4 cm³/mol. The number of hydrogen-bond donors (Lipinski definition) is 2. The van der Waals surface area contributed by atoms with Crippen molar-refractivity contribution in [3.8, 4) is 0 Å². The first-order valence-electron chi connectivity index (χ1n) is 7.26. The van der Waals surface area contributed by atoms with E-state index < -0.39 is 0 Å². The maximum Gasteiger partial charge on any atom is 0.224 e. The molecule has 0 aromatic rings. The van der Waals surface area contributed by atoms with Crippen molar-refractivity contribution >= 4 is 11.8 Å². The molecule has 0 spiro atoms. The van der Waals surface area contributed by atoms with Gasteiger partial charge in [0.15, 0.2) is 0 Å². The van der Waals surface area contributed by atoms with Crippen molar-refractivity contribution in [3.63, 3.8) is 0 Å². The summed E-state index contributed by atoms with van der Waals surface area (Å²) in [4.78, 5) is 25.6. The number of likely N-dealkylation sites (tertiary alicyclic amines) is 1. The lowest BCUT2D eigenvalue weighted by molar-refractivity contribution is -0.135. The van der Waals surface area contributed by atoms with Crippen LogP contribution in [0, 0.1) is 11.3 Å². The van der Waals surface area contributed by atoms with E-state index in [0.717, 1.165) is 32.2 Å². The van der Waals surface area contributed by atoms with Gasteiger partial charge in [-0.3, -0.25) is 9.59 Å². The van der Waals surface area contributed by atoms with E-state index >= 15 is 0 Å². The number of aliphatic hydroxyl groups is 1. The van der Waals surface area contributed by atoms with E-state index in [1.54, 1.807) is 4.90 Å². The first-order chi connectivity index (χ1) is 9.10. The molecule has 0 radical (unpaired) electrons. The van der Waals surface area contributed by atoms with E-state index in [2.05, 4.69) is 5.32 Å². The standard InChI is InChI=1S/C14H24N2O3/c1-2-12(18)16-7-3-4-11(8-16)13(19)15-9-14(10-17)5-6-14/h11,17H,2-10H2,1H3,(H,15,19). The number of piperidine rings is 1. The second-order valence-corrected chi connectivity index (χ2v) is 5.91. The molecule has 5 nitrogen and oxygen atoms in total. The summed E-state index contributed by atoms with van der Waals surface area (Å²) in [6.45, 7) is 3.89. The fourth-order valence-corrected chi connectivity index (χ4v) is 2.63. The molecule has 0 aromatic carbocycles. The number of rotatable bonds is 5. The SMILES string of the molecule is CCC(=O)N1CCCC(C(=O)NCC2(CO)CC2)C1. The molecule has 1 unspecified atom stereocenters. The van der Waals surface area contributed by atoms with Crippen LogP contribution in [0.3, 0.4) is 0 Å². The normalized spacial score (nSPS) is 24.9. The fourth-order valence-electron chi connectivity index (χ4n) is 2.63. The molecule has 2 fully saturated rings. The molecule has 1 saturated heterocycles. The van der Waals surface area contributed by atoms with Gasteiger partial charge in [0.05, 0.1) is 12.5 Å². The highest BCUT2D eigenvalue weighted by molar-refractivity contribution is 5.81. The van der Waals surface area contributed by atoms with Crippen LogP contribution in [-0.4, -0.2) is 48.1 Å². The van der Waals surface area contributed by atoms with Crippen LogP contribution in [-0.2, 0) is 9.59 Å². The highest BCUT2D eigenvalue weighted by Crippen LogP contribution is 2.44. The number of nitrogens with one attached hydrogen (secondary N) is 1. The maximum atomic E-state index is 12.1. The zero-order chi connectivity index (χ0) is 13.9. The van der Waals surface area contributed by atoms with Gasteiger partial charge >= 0.3 is 0 Å². The summed E-state index contributed by atoms with van der Waals surface area (Å²) >= 11 is 0. The summed E-state index contributed by atoms with van der Waals surface area (Å²) in [7, 11) is 0. The molecular formula is C14H24N2O3. The Bertz CT molecular complexity index is 353. The largest absolute Gasteiger partial charge is 0.396 e. The van der Waals surface area contributed by atoms with Crippen LogP contribution >= 0.6 is 0 Å². The molecule has 1 atom stereocenters. The molecule has 2 aliphatic rings. The van der Waals surface area contributed by atoms with Gasteiger partial charge in [-0.2, -0.15) is 0 Å². The van der Waals surface area contributed by atoms with Crippen molar-refractivity contribution in [1.29, 1.82) is 0 Å². The number of hydrogen-bond acceptors (Lipinski definition) is 3. The Morgan fingerprint density at radius 1 is 1.42 bits per heavy atom. The van der Waals surface area contributed by atoms with Crippen LogP contribution in [0.5, 0.6) is 0 Å². The Morgan fingerprint density at radius 2 is 2.16 bits per heavy atom. The third kappa shape index (κ3) is 3.47.